The number of nitrogens with one attached hydrogen (secondary N) is 2. The third-order valence-electron chi connectivity index (χ3n) is 4.80. The number of non-ortho nitro benzene ring substituents is 1. The summed E-state index contributed by atoms with van der Waals surface area (Å²) in [5.41, 5.74) is 1.11. The number of nitro groups is 1. The molecular formula is C23H19N3O6. The van der Waals surface area contributed by atoms with Gasteiger partial charge < -0.3 is 20.1 Å². The number of carbonyl (C=O) groups excluding carboxylic acids is 2. The normalized spacial score (nSPS) is 14.3. The van der Waals surface area contributed by atoms with E-state index in [-0.39, 0.29) is 29.8 Å². The van der Waals surface area contributed by atoms with E-state index in [9.17, 15) is 19.7 Å². The van der Waals surface area contributed by atoms with E-state index >= 15 is 0 Å². The Kier molecular flexibility index (Phi) is 5.98. The van der Waals surface area contributed by atoms with Gasteiger partial charge in [0.1, 0.15) is 12.7 Å². The molecule has 0 aliphatic carbocycles. The predicted molar refractivity (Wildman–Crippen MR) is 116 cm³/mol. The maximum atomic E-state index is 12.4. The summed E-state index contributed by atoms with van der Waals surface area (Å²) in [6.45, 7) is 0.622. The van der Waals surface area contributed by atoms with E-state index in [1.165, 1.54) is 24.3 Å². The molecule has 1 atom stereocenters. The summed E-state index contributed by atoms with van der Waals surface area (Å²) in [6, 6.07) is 19.0. The van der Waals surface area contributed by atoms with Crippen LogP contribution >= 0.6 is 0 Å². The van der Waals surface area contributed by atoms with Gasteiger partial charge >= 0.3 is 0 Å². The van der Waals surface area contributed by atoms with Gasteiger partial charge in [-0.2, -0.15) is 0 Å². The molecule has 2 amide bonds. The third-order valence-corrected chi connectivity index (χ3v) is 4.80. The monoisotopic (exact) mass is 433 g/mol. The average molecular weight is 433 g/mol. The molecule has 0 spiro atoms. The van der Waals surface area contributed by atoms with Crippen LogP contribution in [-0.4, -0.2) is 36.0 Å². The minimum absolute atomic E-state index is 0.0914. The maximum Gasteiger partial charge on any atom is 0.269 e. The van der Waals surface area contributed by atoms with Crippen molar-refractivity contribution >= 4 is 23.2 Å². The summed E-state index contributed by atoms with van der Waals surface area (Å²) in [6.07, 6.45) is -0.297. The van der Waals surface area contributed by atoms with E-state index in [1.54, 1.807) is 24.3 Å². The Morgan fingerprint density at radius 3 is 2.22 bits per heavy atom. The fraction of sp³-hybridized carbons (Fsp3) is 0.130. The molecular weight excluding hydrogens is 414 g/mol. The van der Waals surface area contributed by atoms with Gasteiger partial charge in [0, 0.05) is 28.9 Å². The number of nitrogens with zero attached hydrogens (tertiary/aromatic N) is 1. The molecule has 9 heteroatoms. The fourth-order valence-corrected chi connectivity index (χ4v) is 3.11. The van der Waals surface area contributed by atoms with Crippen LogP contribution in [-0.2, 0) is 0 Å². The number of ether oxygens (including phenoxy) is 2. The first-order valence-electron chi connectivity index (χ1n) is 9.82. The smallest absolute Gasteiger partial charge is 0.269 e. The predicted octanol–water partition coefficient (Wildman–Crippen LogP) is 3.42. The van der Waals surface area contributed by atoms with Crippen LogP contribution in [0.15, 0.2) is 72.8 Å². The Bertz CT molecular complexity index is 1150. The zero-order valence-corrected chi connectivity index (χ0v) is 16.8. The zero-order chi connectivity index (χ0) is 22.5. The summed E-state index contributed by atoms with van der Waals surface area (Å²) < 4.78 is 11.5. The first-order chi connectivity index (χ1) is 15.5. The topological polar surface area (TPSA) is 120 Å². The largest absolute Gasteiger partial charge is 0.486 e. The Hall–Kier alpha value is -4.40. The van der Waals surface area contributed by atoms with Gasteiger partial charge in [0.05, 0.1) is 11.5 Å². The standard InChI is InChI=1S/C23H19N3O6/c27-22(24-13-19-14-31-20-3-1-2-4-21(20)32-19)15-5-9-17(10-6-15)25-23(28)16-7-11-18(12-8-16)26(29)30/h1-12,19H,13-14H2,(H,24,27)(H,25,28). The van der Waals surface area contributed by atoms with Gasteiger partial charge in [-0.25, -0.2) is 0 Å². The number of carbonyl (C=O) groups is 2. The average Bonchev–Trinajstić information content (AvgIpc) is 2.83. The lowest BCUT2D eigenvalue weighted by atomic mass is 10.1. The number of hydrogen-bond acceptors (Lipinski definition) is 6. The van der Waals surface area contributed by atoms with Crippen molar-refractivity contribution < 1.29 is 24.0 Å². The number of para-hydroxylation sites is 2. The van der Waals surface area contributed by atoms with Crippen LogP contribution in [0.25, 0.3) is 0 Å². The van der Waals surface area contributed by atoms with Crippen molar-refractivity contribution in [1.29, 1.82) is 0 Å². The van der Waals surface area contributed by atoms with Crippen LogP contribution in [0, 0.1) is 10.1 Å². The highest BCUT2D eigenvalue weighted by molar-refractivity contribution is 6.04. The van der Waals surface area contributed by atoms with Gasteiger partial charge in [0.25, 0.3) is 17.5 Å². The Morgan fingerprint density at radius 2 is 1.53 bits per heavy atom. The number of amides is 2. The van der Waals surface area contributed by atoms with E-state index < -0.39 is 10.8 Å². The molecule has 1 aliphatic heterocycles. The number of hydrogen-bond donors (Lipinski definition) is 2. The molecule has 1 heterocycles. The lowest BCUT2D eigenvalue weighted by molar-refractivity contribution is -0.384. The molecule has 1 aliphatic rings. The lowest BCUT2D eigenvalue weighted by Gasteiger charge is -2.26. The van der Waals surface area contributed by atoms with Gasteiger partial charge in [-0.1, -0.05) is 12.1 Å². The summed E-state index contributed by atoms with van der Waals surface area (Å²) in [7, 11) is 0. The van der Waals surface area contributed by atoms with Crippen LogP contribution < -0.4 is 20.1 Å². The summed E-state index contributed by atoms with van der Waals surface area (Å²) in [5.74, 6) is 0.639. The van der Waals surface area contributed by atoms with E-state index in [0.29, 0.717) is 29.4 Å². The number of rotatable bonds is 6. The van der Waals surface area contributed by atoms with Crippen LogP contribution in [0.4, 0.5) is 11.4 Å². The molecule has 32 heavy (non-hydrogen) atoms. The summed E-state index contributed by atoms with van der Waals surface area (Å²) in [5, 5.41) is 16.2. The molecule has 0 fully saturated rings. The van der Waals surface area contributed by atoms with Crippen molar-refractivity contribution in [3.8, 4) is 11.5 Å². The fourth-order valence-electron chi connectivity index (χ4n) is 3.11. The SMILES string of the molecule is O=C(NCC1COc2ccccc2O1)c1ccc(NC(=O)c2ccc([N+](=O)[O-])cc2)cc1. The summed E-state index contributed by atoms with van der Waals surface area (Å²) in [4.78, 5) is 34.9. The van der Waals surface area contributed by atoms with Crippen LogP contribution in [0.2, 0.25) is 0 Å². The van der Waals surface area contributed by atoms with Crippen molar-refractivity contribution in [3.63, 3.8) is 0 Å². The van der Waals surface area contributed by atoms with Crippen molar-refractivity contribution in [1.82, 2.24) is 5.32 Å². The quantitative estimate of drug-likeness (QED) is 0.454. The molecule has 0 saturated heterocycles. The van der Waals surface area contributed by atoms with Gasteiger partial charge in [-0.15, -0.1) is 0 Å². The third kappa shape index (κ3) is 4.84. The first kappa shape index (κ1) is 20.9. The molecule has 162 valence electrons. The minimum atomic E-state index is -0.530. The van der Waals surface area contributed by atoms with E-state index in [4.69, 9.17) is 9.47 Å². The zero-order valence-electron chi connectivity index (χ0n) is 16.8. The van der Waals surface area contributed by atoms with Crippen molar-refractivity contribution in [2.75, 3.05) is 18.5 Å². The lowest BCUT2D eigenvalue weighted by Crippen LogP contribution is -2.40. The Labute approximate surface area is 183 Å². The second kappa shape index (κ2) is 9.17. The molecule has 3 aromatic rings. The minimum Gasteiger partial charge on any atom is -0.486 e. The van der Waals surface area contributed by atoms with E-state index in [0.717, 1.165) is 0 Å². The van der Waals surface area contributed by atoms with Crippen LogP contribution in [0.1, 0.15) is 20.7 Å². The van der Waals surface area contributed by atoms with Crippen molar-refractivity contribution in [2.45, 2.75) is 6.10 Å². The van der Waals surface area contributed by atoms with E-state index in [2.05, 4.69) is 10.6 Å². The van der Waals surface area contributed by atoms with Gasteiger partial charge in [-0.3, -0.25) is 19.7 Å². The highest BCUT2D eigenvalue weighted by Crippen LogP contribution is 2.30. The molecule has 3 aromatic carbocycles. The molecule has 4 rings (SSSR count). The summed E-state index contributed by atoms with van der Waals surface area (Å²) >= 11 is 0. The maximum absolute atomic E-state index is 12.4. The highest BCUT2D eigenvalue weighted by Gasteiger charge is 2.21. The second-order valence-electron chi connectivity index (χ2n) is 7.04. The molecule has 0 bridgehead atoms. The Morgan fingerprint density at radius 1 is 0.906 bits per heavy atom. The molecule has 2 N–H and O–H groups in total. The number of benzene rings is 3. The number of fused-ring (bicyclic) bond motifs is 1. The number of anilines is 1. The Balaban J connectivity index is 1.30. The van der Waals surface area contributed by atoms with Gasteiger partial charge in [-0.05, 0) is 48.5 Å². The molecule has 0 aromatic heterocycles. The van der Waals surface area contributed by atoms with E-state index in [1.807, 2.05) is 24.3 Å². The second-order valence-corrected chi connectivity index (χ2v) is 7.04. The van der Waals surface area contributed by atoms with Crippen LogP contribution in [0.5, 0.6) is 11.5 Å². The van der Waals surface area contributed by atoms with Gasteiger partial charge in [0.2, 0.25) is 0 Å². The van der Waals surface area contributed by atoms with Gasteiger partial charge in [0.15, 0.2) is 11.5 Å². The number of nitro benzene ring substituents is 1. The van der Waals surface area contributed by atoms with Crippen molar-refractivity contribution in [3.05, 3.63) is 94.0 Å². The van der Waals surface area contributed by atoms with Crippen LogP contribution in [0.3, 0.4) is 0 Å². The molecule has 0 saturated carbocycles. The molecule has 0 radical (unpaired) electrons. The highest BCUT2D eigenvalue weighted by atomic mass is 16.6. The van der Waals surface area contributed by atoms with Crippen molar-refractivity contribution in [2.24, 2.45) is 0 Å². The molecule has 1 unspecified atom stereocenters. The molecule has 9 nitrogen and oxygen atoms in total. The first-order valence-corrected chi connectivity index (χ1v) is 9.82.